The van der Waals surface area contributed by atoms with Gasteiger partial charge in [-0.05, 0) is 38.5 Å². The molecule has 1 aromatic rings. The van der Waals surface area contributed by atoms with Crippen LogP contribution in [0.2, 0.25) is 0 Å². The van der Waals surface area contributed by atoms with Gasteiger partial charge in [-0.25, -0.2) is 4.79 Å². The molecule has 0 amide bonds. The van der Waals surface area contributed by atoms with Crippen LogP contribution < -0.4 is 5.73 Å². The van der Waals surface area contributed by atoms with Crippen LogP contribution in [-0.2, 0) is 4.74 Å². The van der Waals surface area contributed by atoms with Gasteiger partial charge in [0.15, 0.2) is 0 Å². The van der Waals surface area contributed by atoms with E-state index in [9.17, 15) is 15.0 Å². The summed E-state index contributed by atoms with van der Waals surface area (Å²) < 4.78 is 5.22. The predicted molar refractivity (Wildman–Crippen MR) is 71.6 cm³/mol. The molecule has 1 rings (SSSR count). The number of nitrogens with two attached hydrogens (primary N) is 1. The van der Waals surface area contributed by atoms with E-state index in [0.29, 0.717) is 11.1 Å². The van der Waals surface area contributed by atoms with Gasteiger partial charge in [0.2, 0.25) is 0 Å². The molecule has 0 aromatic heterocycles. The minimum absolute atomic E-state index is 0.0328. The first-order valence-corrected chi connectivity index (χ1v) is 6.14. The van der Waals surface area contributed by atoms with E-state index < -0.39 is 23.8 Å². The highest BCUT2D eigenvalue weighted by Gasteiger charge is 2.20. The van der Waals surface area contributed by atoms with Crippen LogP contribution >= 0.6 is 0 Å². The summed E-state index contributed by atoms with van der Waals surface area (Å²) in [6.45, 7) is 5.34. The third kappa shape index (κ3) is 4.63. The second-order valence-electron chi connectivity index (χ2n) is 5.37. The number of benzene rings is 1. The Morgan fingerprint density at radius 3 is 2.21 bits per heavy atom. The van der Waals surface area contributed by atoms with Gasteiger partial charge in [0.1, 0.15) is 11.7 Å². The lowest BCUT2D eigenvalue weighted by Crippen LogP contribution is -2.27. The third-order valence-electron chi connectivity index (χ3n) is 2.49. The maximum Gasteiger partial charge on any atom is 0.338 e. The molecule has 0 bridgehead atoms. The van der Waals surface area contributed by atoms with Crippen molar-refractivity contribution >= 4 is 5.97 Å². The molecule has 0 radical (unpaired) electrons. The Kier molecular flexibility index (Phi) is 5.05. The third-order valence-corrected chi connectivity index (χ3v) is 2.49. The average molecular weight is 267 g/mol. The van der Waals surface area contributed by atoms with Crippen LogP contribution in [0.15, 0.2) is 24.3 Å². The number of carbonyl (C=O) groups is 1. The van der Waals surface area contributed by atoms with Crippen LogP contribution in [0.5, 0.6) is 0 Å². The van der Waals surface area contributed by atoms with Crippen molar-refractivity contribution in [2.75, 3.05) is 6.54 Å². The van der Waals surface area contributed by atoms with Crippen LogP contribution in [0.25, 0.3) is 0 Å². The first-order chi connectivity index (χ1) is 8.74. The molecule has 2 unspecified atom stereocenters. The molecular formula is C14H21NO4. The monoisotopic (exact) mass is 267 g/mol. The first kappa shape index (κ1) is 15.6. The van der Waals surface area contributed by atoms with Gasteiger partial charge in [-0.15, -0.1) is 0 Å². The van der Waals surface area contributed by atoms with Gasteiger partial charge in [-0.3, -0.25) is 0 Å². The van der Waals surface area contributed by atoms with E-state index in [0.717, 1.165) is 0 Å². The van der Waals surface area contributed by atoms with Crippen molar-refractivity contribution < 1.29 is 19.7 Å². The lowest BCUT2D eigenvalue weighted by molar-refractivity contribution is 0.00689. The fraction of sp³-hybridized carbons (Fsp3) is 0.500. The Bertz CT molecular complexity index is 422. The van der Waals surface area contributed by atoms with E-state index in [1.165, 1.54) is 0 Å². The summed E-state index contributed by atoms with van der Waals surface area (Å²) in [5.41, 5.74) is 5.62. The molecule has 0 aliphatic rings. The molecule has 0 saturated carbocycles. The number of rotatable bonds is 4. The largest absolute Gasteiger partial charge is 0.456 e. The summed E-state index contributed by atoms with van der Waals surface area (Å²) in [5, 5.41) is 19.2. The van der Waals surface area contributed by atoms with E-state index in [1.807, 2.05) is 0 Å². The molecule has 5 nitrogen and oxygen atoms in total. The van der Waals surface area contributed by atoms with E-state index >= 15 is 0 Å². The lowest BCUT2D eigenvalue weighted by Gasteiger charge is -2.20. The number of ether oxygens (including phenoxy) is 1. The van der Waals surface area contributed by atoms with E-state index in [1.54, 1.807) is 45.0 Å². The van der Waals surface area contributed by atoms with Crippen molar-refractivity contribution in [3.63, 3.8) is 0 Å². The zero-order chi connectivity index (χ0) is 14.6. The van der Waals surface area contributed by atoms with E-state index in [4.69, 9.17) is 10.5 Å². The van der Waals surface area contributed by atoms with Gasteiger partial charge < -0.3 is 20.7 Å². The van der Waals surface area contributed by atoms with Crippen molar-refractivity contribution in [1.82, 2.24) is 0 Å². The molecule has 2 atom stereocenters. The van der Waals surface area contributed by atoms with Crippen LogP contribution in [0, 0.1) is 0 Å². The van der Waals surface area contributed by atoms with Crippen LogP contribution in [0.1, 0.15) is 42.8 Å². The second-order valence-corrected chi connectivity index (χ2v) is 5.37. The summed E-state index contributed by atoms with van der Waals surface area (Å²) in [5.74, 6) is -0.423. The molecule has 0 spiro atoms. The van der Waals surface area contributed by atoms with Gasteiger partial charge in [-0.1, -0.05) is 12.1 Å². The molecule has 106 valence electrons. The predicted octanol–water partition coefficient (Wildman–Crippen LogP) is 0.995. The van der Waals surface area contributed by atoms with E-state index in [2.05, 4.69) is 0 Å². The molecule has 1 aromatic carbocycles. The molecule has 4 N–H and O–H groups in total. The SMILES string of the molecule is CC(C)(C)OC(=O)c1ccc(C(O)C(O)CN)cc1. The Labute approximate surface area is 113 Å². The minimum Gasteiger partial charge on any atom is -0.456 e. The van der Waals surface area contributed by atoms with Gasteiger partial charge in [0.25, 0.3) is 0 Å². The summed E-state index contributed by atoms with van der Waals surface area (Å²) in [6.07, 6.45) is -2.08. The Balaban J connectivity index is 2.79. The Morgan fingerprint density at radius 1 is 1.26 bits per heavy atom. The number of esters is 1. The van der Waals surface area contributed by atoms with Crippen molar-refractivity contribution in [2.45, 2.75) is 38.6 Å². The number of hydrogen-bond acceptors (Lipinski definition) is 5. The topological polar surface area (TPSA) is 92.8 Å². The highest BCUT2D eigenvalue weighted by atomic mass is 16.6. The zero-order valence-corrected chi connectivity index (χ0v) is 11.5. The fourth-order valence-corrected chi connectivity index (χ4v) is 1.50. The summed E-state index contributed by atoms with van der Waals surface area (Å²) >= 11 is 0. The summed E-state index contributed by atoms with van der Waals surface area (Å²) in [7, 11) is 0. The number of aliphatic hydroxyl groups is 2. The average Bonchev–Trinajstić information content (AvgIpc) is 2.35. The molecule has 0 aliphatic heterocycles. The summed E-state index contributed by atoms with van der Waals surface area (Å²) in [6, 6.07) is 6.25. The maximum atomic E-state index is 11.8. The molecule has 0 fully saturated rings. The van der Waals surface area contributed by atoms with Gasteiger partial charge in [0.05, 0.1) is 11.7 Å². The summed E-state index contributed by atoms with van der Waals surface area (Å²) in [4.78, 5) is 11.8. The number of hydrogen-bond donors (Lipinski definition) is 3. The van der Waals surface area contributed by atoms with E-state index in [-0.39, 0.29) is 6.54 Å². The highest BCUT2D eigenvalue weighted by molar-refractivity contribution is 5.89. The highest BCUT2D eigenvalue weighted by Crippen LogP contribution is 2.18. The molecule has 19 heavy (non-hydrogen) atoms. The smallest absolute Gasteiger partial charge is 0.338 e. The minimum atomic E-state index is -1.06. The van der Waals surface area contributed by atoms with Crippen molar-refractivity contribution in [2.24, 2.45) is 5.73 Å². The fourth-order valence-electron chi connectivity index (χ4n) is 1.50. The quantitative estimate of drug-likeness (QED) is 0.708. The molecular weight excluding hydrogens is 246 g/mol. The Morgan fingerprint density at radius 2 is 1.79 bits per heavy atom. The maximum absolute atomic E-state index is 11.8. The van der Waals surface area contributed by atoms with Crippen LogP contribution in [0.4, 0.5) is 0 Å². The molecule has 0 saturated heterocycles. The first-order valence-electron chi connectivity index (χ1n) is 6.14. The molecule has 0 aliphatic carbocycles. The van der Waals surface area contributed by atoms with Gasteiger partial charge >= 0.3 is 5.97 Å². The molecule has 0 heterocycles. The van der Waals surface area contributed by atoms with Crippen LogP contribution in [0.3, 0.4) is 0 Å². The number of aliphatic hydroxyl groups excluding tert-OH is 2. The van der Waals surface area contributed by atoms with Gasteiger partial charge in [-0.2, -0.15) is 0 Å². The van der Waals surface area contributed by atoms with Crippen molar-refractivity contribution in [3.8, 4) is 0 Å². The number of carbonyl (C=O) groups excluding carboxylic acids is 1. The normalized spacial score (nSPS) is 14.8. The van der Waals surface area contributed by atoms with Crippen molar-refractivity contribution in [3.05, 3.63) is 35.4 Å². The molecule has 5 heteroatoms. The zero-order valence-electron chi connectivity index (χ0n) is 11.5. The van der Waals surface area contributed by atoms with Gasteiger partial charge in [0, 0.05) is 6.54 Å². The van der Waals surface area contributed by atoms with Crippen molar-refractivity contribution in [1.29, 1.82) is 0 Å². The second kappa shape index (κ2) is 6.14. The van der Waals surface area contributed by atoms with Crippen LogP contribution in [-0.4, -0.2) is 34.4 Å². The Hall–Kier alpha value is -1.43. The lowest BCUT2D eigenvalue weighted by atomic mass is 10.0. The standard InChI is InChI=1S/C14H21NO4/c1-14(2,3)19-13(18)10-6-4-9(5-7-10)12(17)11(16)8-15/h4-7,11-12,16-17H,8,15H2,1-3H3.